The van der Waals surface area contributed by atoms with Crippen LogP contribution in [0.25, 0.3) is 0 Å². The Bertz CT molecular complexity index is 798. The molecular weight excluding hydrogens is 366 g/mol. The minimum absolute atomic E-state index is 0.0398. The normalized spacial score (nSPS) is 14.7. The molecule has 0 spiro atoms. The van der Waals surface area contributed by atoms with Crippen molar-refractivity contribution in [2.45, 2.75) is 33.9 Å². The van der Waals surface area contributed by atoms with E-state index < -0.39 is 0 Å². The summed E-state index contributed by atoms with van der Waals surface area (Å²) < 4.78 is 7.56. The summed E-state index contributed by atoms with van der Waals surface area (Å²) in [5.74, 6) is 0.902. The molecule has 0 radical (unpaired) electrons. The fourth-order valence-corrected chi connectivity index (χ4v) is 3.56. The molecule has 0 saturated carbocycles. The van der Waals surface area contributed by atoms with E-state index in [1.165, 1.54) is 16.7 Å². The van der Waals surface area contributed by atoms with Gasteiger partial charge in [0.15, 0.2) is 0 Å². The van der Waals surface area contributed by atoms with Gasteiger partial charge in [0.2, 0.25) is 0 Å². The van der Waals surface area contributed by atoms with Crippen LogP contribution in [0.3, 0.4) is 0 Å². The molecule has 0 atom stereocenters. The minimum Gasteiger partial charge on any atom is -0.379 e. The van der Waals surface area contributed by atoms with Crippen LogP contribution >= 0.6 is 0 Å². The number of morpholine rings is 1. The largest absolute Gasteiger partial charge is 0.379 e. The number of imidazole rings is 1. The zero-order valence-corrected chi connectivity index (χ0v) is 17.9. The lowest BCUT2D eigenvalue weighted by Gasteiger charge is -2.30. The van der Waals surface area contributed by atoms with Gasteiger partial charge in [0, 0.05) is 51.7 Å². The molecule has 1 fully saturated rings. The molecule has 1 saturated heterocycles. The third kappa shape index (κ3) is 6.05. The Hall–Kier alpha value is -2.38. The standard InChI is InChI=1S/C22H33N5O2/c1-4-23-22(28)27(10-9-25-11-13-29-14-12-25)17-21-24-7-8-26(21)16-20-15-18(2)5-6-19(20)3/h5-8,15H,4,9-14,16-17H2,1-3H3,(H,23,28). The molecule has 158 valence electrons. The first-order valence-corrected chi connectivity index (χ1v) is 10.5. The van der Waals surface area contributed by atoms with Crippen LogP contribution < -0.4 is 5.32 Å². The minimum atomic E-state index is -0.0398. The molecule has 0 aliphatic carbocycles. The molecule has 0 bridgehead atoms. The number of nitrogens with zero attached hydrogens (tertiary/aromatic N) is 4. The zero-order chi connectivity index (χ0) is 20.6. The fourth-order valence-electron chi connectivity index (χ4n) is 3.56. The number of rotatable bonds is 8. The van der Waals surface area contributed by atoms with Crippen LogP contribution in [0.1, 0.15) is 29.4 Å². The number of ether oxygens (including phenoxy) is 1. The Kier molecular flexibility index (Phi) is 7.66. The van der Waals surface area contributed by atoms with E-state index in [1.54, 1.807) is 0 Å². The molecule has 29 heavy (non-hydrogen) atoms. The smallest absolute Gasteiger partial charge is 0.317 e. The van der Waals surface area contributed by atoms with Crippen molar-refractivity contribution in [1.82, 2.24) is 24.7 Å². The summed E-state index contributed by atoms with van der Waals surface area (Å²) in [6.07, 6.45) is 3.81. The van der Waals surface area contributed by atoms with Gasteiger partial charge in [-0.05, 0) is 31.9 Å². The highest BCUT2D eigenvalue weighted by Gasteiger charge is 2.18. The van der Waals surface area contributed by atoms with Crippen LogP contribution in [0.2, 0.25) is 0 Å². The summed E-state index contributed by atoms with van der Waals surface area (Å²) in [5, 5.41) is 2.94. The van der Waals surface area contributed by atoms with Crippen LogP contribution in [0.4, 0.5) is 4.79 Å². The first-order valence-electron chi connectivity index (χ1n) is 10.5. The Labute approximate surface area is 173 Å². The number of hydrogen-bond acceptors (Lipinski definition) is 4. The molecule has 1 aliphatic heterocycles. The van der Waals surface area contributed by atoms with E-state index in [9.17, 15) is 4.79 Å². The predicted octanol–water partition coefficient (Wildman–Crippen LogP) is 2.41. The maximum absolute atomic E-state index is 12.6. The van der Waals surface area contributed by atoms with E-state index in [0.717, 1.165) is 45.2 Å². The van der Waals surface area contributed by atoms with Gasteiger partial charge in [-0.3, -0.25) is 4.90 Å². The predicted molar refractivity (Wildman–Crippen MR) is 114 cm³/mol. The number of nitrogens with one attached hydrogen (secondary N) is 1. The molecular formula is C22H33N5O2. The van der Waals surface area contributed by atoms with Gasteiger partial charge in [-0.25, -0.2) is 9.78 Å². The van der Waals surface area contributed by atoms with Crippen LogP contribution in [0.5, 0.6) is 0 Å². The maximum Gasteiger partial charge on any atom is 0.317 e. The molecule has 2 heterocycles. The van der Waals surface area contributed by atoms with Crippen molar-refractivity contribution in [3.63, 3.8) is 0 Å². The molecule has 3 rings (SSSR count). The van der Waals surface area contributed by atoms with Crippen molar-refractivity contribution >= 4 is 6.03 Å². The van der Waals surface area contributed by atoms with Crippen molar-refractivity contribution in [2.24, 2.45) is 0 Å². The quantitative estimate of drug-likeness (QED) is 0.741. The fraction of sp³-hybridized carbons (Fsp3) is 0.545. The number of amides is 2. The summed E-state index contributed by atoms with van der Waals surface area (Å²) in [7, 11) is 0. The van der Waals surface area contributed by atoms with Crippen molar-refractivity contribution in [1.29, 1.82) is 0 Å². The van der Waals surface area contributed by atoms with Crippen LogP contribution in [0, 0.1) is 13.8 Å². The highest BCUT2D eigenvalue weighted by atomic mass is 16.5. The van der Waals surface area contributed by atoms with Gasteiger partial charge in [0.05, 0.1) is 19.8 Å². The van der Waals surface area contributed by atoms with Gasteiger partial charge in [-0.1, -0.05) is 23.8 Å². The number of aryl methyl sites for hydroxylation is 2. The third-order valence-corrected chi connectivity index (χ3v) is 5.38. The maximum atomic E-state index is 12.6. The highest BCUT2D eigenvalue weighted by molar-refractivity contribution is 5.74. The van der Waals surface area contributed by atoms with Crippen LogP contribution in [0.15, 0.2) is 30.6 Å². The summed E-state index contributed by atoms with van der Waals surface area (Å²) in [4.78, 5) is 21.4. The summed E-state index contributed by atoms with van der Waals surface area (Å²) in [6.45, 7) is 12.9. The zero-order valence-electron chi connectivity index (χ0n) is 17.9. The van der Waals surface area contributed by atoms with E-state index >= 15 is 0 Å². The number of carbonyl (C=O) groups excluding carboxylic acids is 1. The number of aromatic nitrogens is 2. The second kappa shape index (κ2) is 10.4. The average Bonchev–Trinajstić information content (AvgIpc) is 3.15. The van der Waals surface area contributed by atoms with E-state index in [1.807, 2.05) is 24.2 Å². The molecule has 1 aromatic heterocycles. The van der Waals surface area contributed by atoms with Crippen LogP contribution in [-0.2, 0) is 17.8 Å². The number of urea groups is 1. The van der Waals surface area contributed by atoms with Gasteiger partial charge in [-0.2, -0.15) is 0 Å². The number of benzene rings is 1. The molecule has 1 aliphatic rings. The number of carbonyl (C=O) groups is 1. The first-order chi connectivity index (χ1) is 14.1. The Morgan fingerprint density at radius 3 is 2.83 bits per heavy atom. The lowest BCUT2D eigenvalue weighted by molar-refractivity contribution is 0.0345. The first kappa shape index (κ1) is 21.3. The lowest BCUT2D eigenvalue weighted by atomic mass is 10.1. The Balaban J connectivity index is 1.69. The van der Waals surface area contributed by atoms with Gasteiger partial charge < -0.3 is 19.5 Å². The monoisotopic (exact) mass is 399 g/mol. The second-order valence-corrected chi connectivity index (χ2v) is 7.61. The van der Waals surface area contributed by atoms with Gasteiger partial charge in [0.1, 0.15) is 5.82 Å². The lowest BCUT2D eigenvalue weighted by Crippen LogP contribution is -2.46. The average molecular weight is 400 g/mol. The molecule has 7 heteroatoms. The summed E-state index contributed by atoms with van der Waals surface area (Å²) in [6, 6.07) is 6.47. The van der Waals surface area contributed by atoms with Gasteiger partial charge in [-0.15, -0.1) is 0 Å². The third-order valence-electron chi connectivity index (χ3n) is 5.38. The number of hydrogen-bond donors (Lipinski definition) is 1. The van der Waals surface area contributed by atoms with Gasteiger partial charge in [0.25, 0.3) is 0 Å². The Morgan fingerprint density at radius 2 is 2.07 bits per heavy atom. The highest BCUT2D eigenvalue weighted by Crippen LogP contribution is 2.14. The van der Waals surface area contributed by atoms with Gasteiger partial charge >= 0.3 is 6.03 Å². The van der Waals surface area contributed by atoms with Crippen LogP contribution in [-0.4, -0.2) is 71.3 Å². The SMILES string of the molecule is CCNC(=O)N(CCN1CCOCC1)Cc1nccn1Cc1cc(C)ccc1C. The van der Waals surface area contributed by atoms with E-state index in [2.05, 4.69) is 51.8 Å². The second-order valence-electron chi connectivity index (χ2n) is 7.61. The van der Waals surface area contributed by atoms with E-state index in [4.69, 9.17) is 4.74 Å². The van der Waals surface area contributed by atoms with E-state index in [0.29, 0.717) is 19.6 Å². The molecule has 2 aromatic rings. The topological polar surface area (TPSA) is 62.6 Å². The van der Waals surface area contributed by atoms with Crippen molar-refractivity contribution in [3.8, 4) is 0 Å². The van der Waals surface area contributed by atoms with Crippen molar-refractivity contribution in [3.05, 3.63) is 53.1 Å². The molecule has 2 amide bonds. The van der Waals surface area contributed by atoms with E-state index in [-0.39, 0.29) is 6.03 Å². The Morgan fingerprint density at radius 1 is 1.28 bits per heavy atom. The summed E-state index contributed by atoms with van der Waals surface area (Å²) >= 11 is 0. The van der Waals surface area contributed by atoms with Crippen molar-refractivity contribution < 1.29 is 9.53 Å². The van der Waals surface area contributed by atoms with Crippen molar-refractivity contribution in [2.75, 3.05) is 45.9 Å². The molecule has 7 nitrogen and oxygen atoms in total. The molecule has 1 aromatic carbocycles. The molecule has 0 unspecified atom stereocenters. The summed E-state index contributed by atoms with van der Waals surface area (Å²) in [5.41, 5.74) is 3.80. The molecule has 1 N–H and O–H groups in total.